The highest BCUT2D eigenvalue weighted by Gasteiger charge is 2.30. The topological polar surface area (TPSA) is 79.3 Å². The number of amides is 1. The van der Waals surface area contributed by atoms with Crippen molar-refractivity contribution >= 4 is 17.6 Å². The maximum Gasteiger partial charge on any atom is 0.306 e. The van der Waals surface area contributed by atoms with Gasteiger partial charge in [-0.3, -0.25) is 14.6 Å². The van der Waals surface area contributed by atoms with Crippen molar-refractivity contribution in [2.24, 2.45) is 11.8 Å². The number of aliphatic carboxylic acids is 1. The third-order valence-electron chi connectivity index (χ3n) is 3.32. The Labute approximate surface area is 105 Å². The summed E-state index contributed by atoms with van der Waals surface area (Å²) in [4.78, 5) is 26.9. The van der Waals surface area contributed by atoms with Crippen LogP contribution in [0, 0.1) is 11.8 Å². The fraction of sp³-hybridized carbons (Fsp3) is 0.462. The monoisotopic (exact) mass is 248 g/mol. The summed E-state index contributed by atoms with van der Waals surface area (Å²) >= 11 is 0. The van der Waals surface area contributed by atoms with E-state index >= 15 is 0 Å². The van der Waals surface area contributed by atoms with Gasteiger partial charge in [0.1, 0.15) is 0 Å². The first-order valence-electron chi connectivity index (χ1n) is 6.10. The number of carboxylic acid groups (broad SMARTS) is 1. The number of nitrogens with one attached hydrogen (secondary N) is 1. The maximum absolute atomic E-state index is 12.0. The number of carbonyl (C=O) groups is 2. The lowest BCUT2D eigenvalue weighted by Gasteiger charge is -2.25. The van der Waals surface area contributed by atoms with Crippen LogP contribution in [0.15, 0.2) is 24.5 Å². The molecule has 1 aliphatic rings. The van der Waals surface area contributed by atoms with Crippen LogP contribution in [0.3, 0.4) is 0 Å². The van der Waals surface area contributed by atoms with Gasteiger partial charge in [-0.05, 0) is 31.4 Å². The molecule has 1 heterocycles. The van der Waals surface area contributed by atoms with E-state index < -0.39 is 5.97 Å². The van der Waals surface area contributed by atoms with E-state index in [1.165, 1.54) is 0 Å². The molecule has 1 saturated carbocycles. The summed E-state index contributed by atoms with van der Waals surface area (Å²) in [6, 6.07) is 3.51. The molecule has 0 bridgehead atoms. The molecule has 1 aromatic rings. The predicted molar refractivity (Wildman–Crippen MR) is 66.0 cm³/mol. The van der Waals surface area contributed by atoms with E-state index in [1.807, 2.05) is 0 Å². The lowest BCUT2D eigenvalue weighted by Crippen LogP contribution is -2.30. The average molecular weight is 248 g/mol. The van der Waals surface area contributed by atoms with Gasteiger partial charge in [0, 0.05) is 12.1 Å². The van der Waals surface area contributed by atoms with Gasteiger partial charge in [-0.25, -0.2) is 0 Å². The summed E-state index contributed by atoms with van der Waals surface area (Å²) in [7, 11) is 0. The molecule has 0 aliphatic heterocycles. The number of carboxylic acids is 1. The minimum Gasteiger partial charge on any atom is -0.481 e. The number of carbonyl (C=O) groups excluding carboxylic acids is 1. The van der Waals surface area contributed by atoms with Crippen LogP contribution in [0.25, 0.3) is 0 Å². The molecule has 1 aliphatic carbocycles. The molecule has 2 atom stereocenters. The van der Waals surface area contributed by atoms with E-state index in [2.05, 4.69) is 10.3 Å². The van der Waals surface area contributed by atoms with Gasteiger partial charge in [-0.15, -0.1) is 0 Å². The van der Waals surface area contributed by atoms with Crippen LogP contribution < -0.4 is 5.32 Å². The second-order valence-electron chi connectivity index (χ2n) is 4.63. The van der Waals surface area contributed by atoms with E-state index in [0.717, 1.165) is 12.8 Å². The van der Waals surface area contributed by atoms with Crippen LogP contribution >= 0.6 is 0 Å². The molecule has 0 unspecified atom stereocenters. The van der Waals surface area contributed by atoms with Crippen molar-refractivity contribution in [3.8, 4) is 0 Å². The van der Waals surface area contributed by atoms with Gasteiger partial charge in [-0.1, -0.05) is 6.42 Å². The van der Waals surface area contributed by atoms with Gasteiger partial charge in [-0.2, -0.15) is 0 Å². The van der Waals surface area contributed by atoms with E-state index in [-0.39, 0.29) is 17.7 Å². The molecule has 18 heavy (non-hydrogen) atoms. The van der Waals surface area contributed by atoms with Crippen molar-refractivity contribution in [1.29, 1.82) is 0 Å². The van der Waals surface area contributed by atoms with Crippen molar-refractivity contribution in [3.63, 3.8) is 0 Å². The number of anilines is 1. The normalized spacial score (nSPS) is 23.3. The van der Waals surface area contributed by atoms with E-state index in [4.69, 9.17) is 5.11 Å². The van der Waals surface area contributed by atoms with Gasteiger partial charge in [0.05, 0.1) is 17.8 Å². The number of nitrogens with zero attached hydrogens (tertiary/aromatic N) is 1. The van der Waals surface area contributed by atoms with Gasteiger partial charge in [0.15, 0.2) is 0 Å². The molecule has 0 spiro atoms. The Bertz CT molecular complexity index is 433. The Kier molecular flexibility index (Phi) is 3.92. The molecule has 0 aromatic carbocycles. The zero-order chi connectivity index (χ0) is 13.0. The van der Waals surface area contributed by atoms with E-state index in [9.17, 15) is 9.59 Å². The standard InChI is InChI=1S/C13H16N2O3/c16-12(15-11-5-2-6-14-8-11)9-3-1-4-10(7-9)13(17)18/h2,5-6,8-10H,1,3-4,7H2,(H,15,16)(H,17,18)/t9-,10+/m0/s1. The van der Waals surface area contributed by atoms with Crippen LogP contribution in [0.5, 0.6) is 0 Å². The smallest absolute Gasteiger partial charge is 0.306 e. The van der Waals surface area contributed by atoms with Gasteiger partial charge >= 0.3 is 5.97 Å². The Hall–Kier alpha value is -1.91. The van der Waals surface area contributed by atoms with E-state index in [1.54, 1.807) is 24.5 Å². The fourth-order valence-electron chi connectivity index (χ4n) is 2.33. The maximum atomic E-state index is 12.0. The largest absolute Gasteiger partial charge is 0.481 e. The number of pyridine rings is 1. The number of hydrogen-bond donors (Lipinski definition) is 2. The average Bonchev–Trinajstić information content (AvgIpc) is 2.40. The highest BCUT2D eigenvalue weighted by Crippen LogP contribution is 2.30. The summed E-state index contributed by atoms with van der Waals surface area (Å²) in [5.41, 5.74) is 0.653. The molecule has 1 amide bonds. The van der Waals surface area contributed by atoms with Crippen molar-refractivity contribution < 1.29 is 14.7 Å². The first-order chi connectivity index (χ1) is 8.66. The minimum atomic E-state index is -0.797. The Morgan fingerprint density at radius 2 is 2.11 bits per heavy atom. The Morgan fingerprint density at radius 1 is 1.33 bits per heavy atom. The van der Waals surface area contributed by atoms with Crippen LogP contribution in [0.2, 0.25) is 0 Å². The Balaban J connectivity index is 1.95. The van der Waals surface area contributed by atoms with E-state index in [0.29, 0.717) is 18.5 Å². The molecule has 0 radical (unpaired) electrons. The molecule has 5 nitrogen and oxygen atoms in total. The molecule has 1 aromatic heterocycles. The first kappa shape index (κ1) is 12.5. The first-order valence-corrected chi connectivity index (χ1v) is 6.10. The summed E-state index contributed by atoms with van der Waals surface area (Å²) in [5.74, 6) is -1.49. The lowest BCUT2D eigenvalue weighted by molar-refractivity contribution is -0.143. The SMILES string of the molecule is O=C(O)[C@@H]1CCC[C@H](C(=O)Nc2cccnc2)C1. The quantitative estimate of drug-likeness (QED) is 0.856. The van der Waals surface area contributed by atoms with Crippen LogP contribution in [0.4, 0.5) is 5.69 Å². The summed E-state index contributed by atoms with van der Waals surface area (Å²) in [6.45, 7) is 0. The number of hydrogen-bond acceptors (Lipinski definition) is 3. The molecule has 5 heteroatoms. The lowest BCUT2D eigenvalue weighted by atomic mass is 9.81. The zero-order valence-electron chi connectivity index (χ0n) is 10.0. The second-order valence-corrected chi connectivity index (χ2v) is 4.63. The minimum absolute atomic E-state index is 0.103. The van der Waals surface area contributed by atoms with Crippen LogP contribution in [0.1, 0.15) is 25.7 Å². The molecular weight excluding hydrogens is 232 g/mol. The molecule has 2 rings (SSSR count). The zero-order valence-corrected chi connectivity index (χ0v) is 10.0. The van der Waals surface area contributed by atoms with Gasteiger partial charge < -0.3 is 10.4 Å². The van der Waals surface area contributed by atoms with Crippen molar-refractivity contribution in [3.05, 3.63) is 24.5 Å². The molecule has 2 N–H and O–H groups in total. The highest BCUT2D eigenvalue weighted by molar-refractivity contribution is 5.92. The van der Waals surface area contributed by atoms with Crippen molar-refractivity contribution in [2.45, 2.75) is 25.7 Å². The molecule has 96 valence electrons. The summed E-state index contributed by atoms with van der Waals surface area (Å²) in [6.07, 6.45) is 5.87. The summed E-state index contributed by atoms with van der Waals surface area (Å²) in [5, 5.41) is 11.8. The van der Waals surface area contributed by atoms with Crippen LogP contribution in [-0.4, -0.2) is 22.0 Å². The van der Waals surface area contributed by atoms with Gasteiger partial charge in [0.2, 0.25) is 5.91 Å². The van der Waals surface area contributed by atoms with Crippen molar-refractivity contribution in [2.75, 3.05) is 5.32 Å². The second kappa shape index (κ2) is 5.62. The molecule has 1 fully saturated rings. The van der Waals surface area contributed by atoms with Crippen LogP contribution in [-0.2, 0) is 9.59 Å². The number of rotatable bonds is 3. The number of aromatic nitrogens is 1. The van der Waals surface area contributed by atoms with Gasteiger partial charge in [0.25, 0.3) is 0 Å². The Morgan fingerprint density at radius 3 is 2.78 bits per heavy atom. The third-order valence-corrected chi connectivity index (χ3v) is 3.32. The summed E-state index contributed by atoms with van der Waals surface area (Å²) < 4.78 is 0. The van der Waals surface area contributed by atoms with Crippen molar-refractivity contribution in [1.82, 2.24) is 4.98 Å². The third kappa shape index (κ3) is 3.06. The predicted octanol–water partition coefficient (Wildman–Crippen LogP) is 1.91. The molecular formula is C13H16N2O3. The highest BCUT2D eigenvalue weighted by atomic mass is 16.4. The molecule has 0 saturated heterocycles. The fourth-order valence-corrected chi connectivity index (χ4v) is 2.33.